The predicted molar refractivity (Wildman–Crippen MR) is 102 cm³/mol. The average Bonchev–Trinajstić information content (AvgIpc) is 3.23. The van der Waals surface area contributed by atoms with E-state index in [4.69, 9.17) is 17.3 Å². The van der Waals surface area contributed by atoms with Crippen LogP contribution >= 0.6 is 11.6 Å². The molecule has 0 bridgehead atoms. The van der Waals surface area contributed by atoms with Crippen LogP contribution in [0.15, 0.2) is 71.8 Å². The minimum atomic E-state index is 0.462. The summed E-state index contributed by atoms with van der Waals surface area (Å²) >= 11 is 5.98. The number of pyridine rings is 1. The summed E-state index contributed by atoms with van der Waals surface area (Å²) in [7, 11) is 0. The van der Waals surface area contributed by atoms with Crippen molar-refractivity contribution in [2.45, 2.75) is 6.42 Å². The predicted octanol–water partition coefficient (Wildman–Crippen LogP) is 2.80. The van der Waals surface area contributed by atoms with Crippen LogP contribution in [0.1, 0.15) is 6.42 Å². The molecule has 0 unspecified atom stereocenters. The fourth-order valence-electron chi connectivity index (χ4n) is 3.38. The zero-order valence-electron chi connectivity index (χ0n) is 13.7. The van der Waals surface area contributed by atoms with Crippen molar-refractivity contribution < 1.29 is 0 Å². The fraction of sp³-hybridized carbons (Fsp3) is 0.0500. The molecule has 2 aliphatic rings. The maximum Gasteiger partial charge on any atom is 0.153 e. The summed E-state index contributed by atoms with van der Waals surface area (Å²) in [6.45, 7) is 0. The summed E-state index contributed by atoms with van der Waals surface area (Å²) in [6.07, 6.45) is 12.6. The van der Waals surface area contributed by atoms with Crippen LogP contribution in [0.25, 0.3) is 22.4 Å². The Balaban J connectivity index is 1.71. The van der Waals surface area contributed by atoms with Gasteiger partial charge in [-0.1, -0.05) is 35.9 Å². The van der Waals surface area contributed by atoms with E-state index in [1.807, 2.05) is 42.6 Å². The Morgan fingerprint density at radius 1 is 1.12 bits per heavy atom. The summed E-state index contributed by atoms with van der Waals surface area (Å²) in [5.41, 5.74) is 11.1. The molecule has 2 N–H and O–H groups in total. The molecule has 5 nitrogen and oxygen atoms in total. The number of fused-ring (bicyclic) bond motifs is 2. The second kappa shape index (κ2) is 5.68. The van der Waals surface area contributed by atoms with Gasteiger partial charge in [0, 0.05) is 22.0 Å². The van der Waals surface area contributed by atoms with E-state index >= 15 is 0 Å². The first-order valence-corrected chi connectivity index (χ1v) is 8.63. The molecule has 1 aromatic carbocycles. The summed E-state index contributed by atoms with van der Waals surface area (Å²) in [5.74, 6) is 0.462. The second-order valence-corrected chi connectivity index (χ2v) is 6.64. The Hall–Kier alpha value is -3.18. The Morgan fingerprint density at radius 2 is 1.96 bits per heavy atom. The molecule has 0 fully saturated rings. The van der Waals surface area contributed by atoms with Gasteiger partial charge in [0.05, 0.1) is 29.1 Å². The lowest BCUT2D eigenvalue weighted by Crippen LogP contribution is -2.29. The molecule has 3 aromatic rings. The summed E-state index contributed by atoms with van der Waals surface area (Å²) in [5, 5.41) is 7.15. The van der Waals surface area contributed by atoms with E-state index in [0.29, 0.717) is 10.8 Å². The van der Waals surface area contributed by atoms with Gasteiger partial charge in [0.25, 0.3) is 0 Å². The Morgan fingerprint density at radius 3 is 2.81 bits per heavy atom. The van der Waals surface area contributed by atoms with Gasteiger partial charge in [-0.25, -0.2) is 9.67 Å². The number of allylic oxidation sites excluding steroid dienone is 4. The normalized spacial score (nSPS) is 14.7. The fourth-order valence-corrected chi connectivity index (χ4v) is 3.51. The second-order valence-electron chi connectivity index (χ2n) is 6.21. The third-order valence-corrected chi connectivity index (χ3v) is 4.87. The molecular weight excluding hydrogens is 346 g/mol. The third kappa shape index (κ3) is 2.29. The molecular formula is C20H14ClN5. The van der Waals surface area contributed by atoms with Crippen molar-refractivity contribution in [3.8, 4) is 16.8 Å². The van der Waals surface area contributed by atoms with Crippen molar-refractivity contribution >= 4 is 23.0 Å². The molecule has 26 heavy (non-hydrogen) atoms. The lowest BCUT2D eigenvalue weighted by Gasteiger charge is -2.06. The summed E-state index contributed by atoms with van der Waals surface area (Å²) in [6, 6.07) is 7.56. The van der Waals surface area contributed by atoms with Gasteiger partial charge >= 0.3 is 0 Å². The highest BCUT2D eigenvalue weighted by Crippen LogP contribution is 2.28. The van der Waals surface area contributed by atoms with Crippen molar-refractivity contribution in [1.29, 1.82) is 0 Å². The molecule has 0 spiro atoms. The van der Waals surface area contributed by atoms with Gasteiger partial charge in [-0.3, -0.25) is 4.98 Å². The summed E-state index contributed by atoms with van der Waals surface area (Å²) in [4.78, 5) is 9.02. The quantitative estimate of drug-likeness (QED) is 0.765. The standard InChI is InChI=1S/C20H14ClN5/c21-13-7-5-12(6-8-13)15-11-26(25-20(15)22)18-10-23-9-17-19(18)14-3-1-2-4-16(14)24-17/h1-2,4-11H,3H2,(H2,22,25). The maximum absolute atomic E-state index is 6.19. The smallest absolute Gasteiger partial charge is 0.153 e. The van der Waals surface area contributed by atoms with Crippen molar-refractivity contribution in [3.05, 3.63) is 82.4 Å². The number of aromatic nitrogens is 3. The number of hydrogen-bond donors (Lipinski definition) is 1. The van der Waals surface area contributed by atoms with Crippen LogP contribution in [0.3, 0.4) is 0 Å². The molecule has 0 saturated heterocycles. The van der Waals surface area contributed by atoms with Crippen LogP contribution in [-0.4, -0.2) is 14.8 Å². The number of benzene rings is 1. The van der Waals surface area contributed by atoms with Gasteiger partial charge < -0.3 is 5.73 Å². The van der Waals surface area contributed by atoms with Crippen molar-refractivity contribution in [3.63, 3.8) is 0 Å². The number of rotatable bonds is 2. The first kappa shape index (κ1) is 15.1. The Kier molecular flexibility index (Phi) is 3.30. The van der Waals surface area contributed by atoms with Crippen LogP contribution in [0, 0.1) is 0 Å². The first-order valence-electron chi connectivity index (χ1n) is 8.25. The van der Waals surface area contributed by atoms with E-state index in [2.05, 4.69) is 21.2 Å². The lowest BCUT2D eigenvalue weighted by atomic mass is 10.0. The number of nitrogens with two attached hydrogens (primary N) is 1. The number of nitrogen functional groups attached to an aromatic ring is 1. The van der Waals surface area contributed by atoms with Gasteiger partial charge in [-0.15, -0.1) is 5.10 Å². The molecule has 0 radical (unpaired) electrons. The minimum absolute atomic E-state index is 0.462. The summed E-state index contributed by atoms with van der Waals surface area (Å²) < 4.78 is 1.79. The van der Waals surface area contributed by atoms with E-state index in [1.54, 1.807) is 17.1 Å². The van der Waals surface area contributed by atoms with Gasteiger partial charge in [-0.2, -0.15) is 0 Å². The van der Waals surface area contributed by atoms with Gasteiger partial charge in [0.15, 0.2) is 5.82 Å². The molecule has 0 saturated carbocycles. The SMILES string of the molecule is Nc1nn(-c2cncc3c2=C2CC=CC=C2N=3)cc1-c1ccc(Cl)cc1. The molecule has 126 valence electrons. The van der Waals surface area contributed by atoms with E-state index in [0.717, 1.165) is 39.5 Å². The highest BCUT2D eigenvalue weighted by Gasteiger charge is 2.18. The molecule has 0 amide bonds. The van der Waals surface area contributed by atoms with Crippen molar-refractivity contribution in [2.75, 3.05) is 5.73 Å². The van der Waals surface area contributed by atoms with E-state index < -0.39 is 0 Å². The molecule has 5 rings (SSSR count). The van der Waals surface area contributed by atoms with Gasteiger partial charge in [-0.05, 0) is 35.8 Å². The van der Waals surface area contributed by atoms with Crippen LogP contribution in [0.5, 0.6) is 0 Å². The molecule has 1 aliphatic carbocycles. The van der Waals surface area contributed by atoms with Crippen LogP contribution in [-0.2, 0) is 0 Å². The zero-order valence-corrected chi connectivity index (χ0v) is 14.5. The average molecular weight is 360 g/mol. The number of hydrogen-bond acceptors (Lipinski definition) is 4. The van der Waals surface area contributed by atoms with Crippen LogP contribution < -0.4 is 16.3 Å². The van der Waals surface area contributed by atoms with Crippen molar-refractivity contribution in [1.82, 2.24) is 14.8 Å². The van der Waals surface area contributed by atoms with Crippen LogP contribution in [0.4, 0.5) is 5.82 Å². The molecule has 1 aliphatic heterocycles. The molecule has 0 atom stereocenters. The number of nitrogens with zero attached hydrogens (tertiary/aromatic N) is 4. The van der Waals surface area contributed by atoms with Gasteiger partial charge in [0.2, 0.25) is 0 Å². The molecule has 2 aromatic heterocycles. The third-order valence-electron chi connectivity index (χ3n) is 4.61. The zero-order chi connectivity index (χ0) is 17.7. The maximum atomic E-state index is 6.19. The molecule has 6 heteroatoms. The number of anilines is 1. The minimum Gasteiger partial charge on any atom is -0.382 e. The lowest BCUT2D eigenvalue weighted by molar-refractivity contribution is 0.868. The van der Waals surface area contributed by atoms with Crippen LogP contribution in [0.2, 0.25) is 5.02 Å². The first-order chi connectivity index (χ1) is 12.7. The Labute approximate surface area is 154 Å². The highest BCUT2D eigenvalue weighted by atomic mass is 35.5. The van der Waals surface area contributed by atoms with E-state index in [-0.39, 0.29) is 0 Å². The largest absolute Gasteiger partial charge is 0.382 e. The topological polar surface area (TPSA) is 69.1 Å². The monoisotopic (exact) mass is 359 g/mol. The van der Waals surface area contributed by atoms with E-state index in [1.165, 1.54) is 5.57 Å². The Bertz CT molecular complexity index is 1220. The van der Waals surface area contributed by atoms with E-state index in [9.17, 15) is 0 Å². The highest BCUT2D eigenvalue weighted by molar-refractivity contribution is 6.30. The van der Waals surface area contributed by atoms with Crippen molar-refractivity contribution in [2.24, 2.45) is 4.99 Å². The van der Waals surface area contributed by atoms with Gasteiger partial charge in [0.1, 0.15) is 0 Å². The number of halogens is 1. The molecule has 3 heterocycles.